The number of hydrogen-bond acceptors (Lipinski definition) is 3. The zero-order valence-electron chi connectivity index (χ0n) is 7.79. The quantitative estimate of drug-likeness (QED) is 0.762. The van der Waals surface area contributed by atoms with E-state index in [1.807, 2.05) is 24.3 Å². The van der Waals surface area contributed by atoms with Crippen LogP contribution in [0.2, 0.25) is 0 Å². The lowest BCUT2D eigenvalue weighted by molar-refractivity contribution is -0.136. The van der Waals surface area contributed by atoms with Gasteiger partial charge in [0.15, 0.2) is 0 Å². The number of pyridine rings is 1. The van der Waals surface area contributed by atoms with Crippen molar-refractivity contribution in [1.82, 2.24) is 4.98 Å². The smallest absolute Gasteiger partial charge is 0.320 e. The molecule has 0 aliphatic carbocycles. The number of thiol groups is 1. The van der Waals surface area contributed by atoms with Crippen LogP contribution in [0.1, 0.15) is 10.8 Å². The lowest BCUT2D eigenvalue weighted by Gasteiger charge is -2.08. The summed E-state index contributed by atoms with van der Waals surface area (Å²) in [7, 11) is 0. The Kier molecular flexibility index (Phi) is 2.60. The maximum atomic E-state index is 10.8. The minimum Gasteiger partial charge on any atom is -0.480 e. The molecular weight excluding hydrogens is 210 g/mol. The van der Waals surface area contributed by atoms with E-state index in [4.69, 9.17) is 5.11 Å². The Balaban J connectivity index is 2.65. The molecule has 0 saturated carbocycles. The Labute approximate surface area is 92.2 Å². The first-order valence-corrected chi connectivity index (χ1v) is 4.96. The van der Waals surface area contributed by atoms with Crippen molar-refractivity contribution in [2.24, 2.45) is 0 Å². The summed E-state index contributed by atoms with van der Waals surface area (Å²) in [5.74, 6) is -0.949. The Morgan fingerprint density at radius 1 is 1.33 bits per heavy atom. The number of carboxylic acid groups (broad SMARTS) is 1. The number of carbonyl (C=O) groups is 1. The molecule has 4 heteroatoms. The third-order valence-corrected chi connectivity index (χ3v) is 2.71. The number of para-hydroxylation sites is 1. The summed E-state index contributed by atoms with van der Waals surface area (Å²) in [6.07, 6.45) is 1.60. The van der Waals surface area contributed by atoms with Crippen molar-refractivity contribution >= 4 is 29.5 Å². The lowest BCUT2D eigenvalue weighted by atomic mass is 10.1. The summed E-state index contributed by atoms with van der Waals surface area (Å²) in [4.78, 5) is 15.0. The molecule has 1 heterocycles. The molecular formula is C11H9NO2S. The summed E-state index contributed by atoms with van der Waals surface area (Å²) in [5.41, 5.74) is 1.46. The number of benzene rings is 1. The first-order chi connectivity index (χ1) is 7.20. The molecule has 2 aromatic rings. The number of aliphatic carboxylic acids is 1. The summed E-state index contributed by atoms with van der Waals surface area (Å²) in [5, 5.41) is 8.93. The largest absolute Gasteiger partial charge is 0.480 e. The van der Waals surface area contributed by atoms with Gasteiger partial charge >= 0.3 is 5.97 Å². The SMILES string of the molecule is O=C(O)C(S)c1ccnc2ccccc12. The average Bonchev–Trinajstić information content (AvgIpc) is 2.27. The standard InChI is InChI=1S/C11H9NO2S/c13-11(14)10(15)8-5-6-12-9-4-2-1-3-7(8)9/h1-6,10,15H,(H,13,14). The fourth-order valence-corrected chi connectivity index (χ4v) is 1.71. The molecule has 0 saturated heterocycles. The van der Waals surface area contributed by atoms with E-state index in [2.05, 4.69) is 17.6 Å². The monoisotopic (exact) mass is 219 g/mol. The molecule has 0 amide bonds. The van der Waals surface area contributed by atoms with Gasteiger partial charge in [-0.3, -0.25) is 9.78 Å². The number of fused-ring (bicyclic) bond motifs is 1. The van der Waals surface area contributed by atoms with Crippen LogP contribution in [0.25, 0.3) is 10.9 Å². The summed E-state index contributed by atoms with van der Waals surface area (Å²) in [6, 6.07) is 9.11. The molecule has 1 aromatic carbocycles. The van der Waals surface area contributed by atoms with Gasteiger partial charge < -0.3 is 5.11 Å². The van der Waals surface area contributed by atoms with Gasteiger partial charge in [0.05, 0.1) is 5.52 Å². The van der Waals surface area contributed by atoms with Gasteiger partial charge in [0.25, 0.3) is 0 Å². The number of nitrogens with zero attached hydrogens (tertiary/aromatic N) is 1. The first kappa shape index (κ1) is 9.98. The maximum Gasteiger partial charge on any atom is 0.320 e. The van der Waals surface area contributed by atoms with Gasteiger partial charge in [-0.05, 0) is 17.7 Å². The molecule has 0 spiro atoms. The van der Waals surface area contributed by atoms with Crippen LogP contribution >= 0.6 is 12.6 Å². The molecule has 1 aromatic heterocycles. The van der Waals surface area contributed by atoms with E-state index >= 15 is 0 Å². The predicted molar refractivity (Wildman–Crippen MR) is 61.1 cm³/mol. The van der Waals surface area contributed by atoms with E-state index < -0.39 is 11.2 Å². The molecule has 15 heavy (non-hydrogen) atoms. The van der Waals surface area contributed by atoms with Crippen LogP contribution in [-0.2, 0) is 4.79 Å². The molecule has 2 rings (SSSR count). The van der Waals surface area contributed by atoms with Crippen molar-refractivity contribution in [2.45, 2.75) is 5.25 Å². The number of aromatic nitrogens is 1. The van der Waals surface area contributed by atoms with Crippen LogP contribution in [0, 0.1) is 0 Å². The van der Waals surface area contributed by atoms with Crippen LogP contribution in [0.3, 0.4) is 0 Å². The van der Waals surface area contributed by atoms with E-state index in [0.717, 1.165) is 10.9 Å². The number of rotatable bonds is 2. The normalized spacial score (nSPS) is 12.6. The van der Waals surface area contributed by atoms with Gasteiger partial charge in [0.2, 0.25) is 0 Å². The topological polar surface area (TPSA) is 50.2 Å². The summed E-state index contributed by atoms with van der Waals surface area (Å²) < 4.78 is 0. The van der Waals surface area contributed by atoms with Crippen molar-refractivity contribution in [3.8, 4) is 0 Å². The third-order valence-electron chi connectivity index (χ3n) is 2.21. The highest BCUT2D eigenvalue weighted by atomic mass is 32.1. The van der Waals surface area contributed by atoms with Gasteiger partial charge in [-0.25, -0.2) is 0 Å². The Morgan fingerprint density at radius 2 is 2.07 bits per heavy atom. The van der Waals surface area contributed by atoms with Crippen LogP contribution < -0.4 is 0 Å². The fourth-order valence-electron chi connectivity index (χ4n) is 1.49. The van der Waals surface area contributed by atoms with Gasteiger partial charge in [-0.1, -0.05) is 18.2 Å². The van der Waals surface area contributed by atoms with Crippen molar-refractivity contribution < 1.29 is 9.90 Å². The second-order valence-corrected chi connectivity index (χ2v) is 3.67. The highest BCUT2D eigenvalue weighted by Gasteiger charge is 2.17. The summed E-state index contributed by atoms with van der Waals surface area (Å²) in [6.45, 7) is 0. The zero-order chi connectivity index (χ0) is 10.8. The predicted octanol–water partition coefficient (Wildman–Crippen LogP) is 2.29. The fraction of sp³-hybridized carbons (Fsp3) is 0.0909. The van der Waals surface area contributed by atoms with Gasteiger partial charge in [-0.15, -0.1) is 0 Å². The van der Waals surface area contributed by atoms with E-state index in [9.17, 15) is 4.79 Å². The molecule has 0 radical (unpaired) electrons. The molecule has 0 aliphatic rings. The van der Waals surface area contributed by atoms with Crippen molar-refractivity contribution in [3.63, 3.8) is 0 Å². The summed E-state index contributed by atoms with van der Waals surface area (Å²) >= 11 is 4.06. The zero-order valence-corrected chi connectivity index (χ0v) is 8.69. The average molecular weight is 219 g/mol. The van der Waals surface area contributed by atoms with E-state index in [-0.39, 0.29) is 0 Å². The first-order valence-electron chi connectivity index (χ1n) is 4.44. The molecule has 76 valence electrons. The minimum absolute atomic E-state index is 0.677. The highest BCUT2D eigenvalue weighted by molar-refractivity contribution is 7.81. The van der Waals surface area contributed by atoms with Crippen LogP contribution in [0.15, 0.2) is 36.5 Å². The van der Waals surface area contributed by atoms with Crippen molar-refractivity contribution in [2.75, 3.05) is 0 Å². The number of hydrogen-bond donors (Lipinski definition) is 2. The molecule has 1 unspecified atom stereocenters. The Hall–Kier alpha value is -1.55. The van der Waals surface area contributed by atoms with E-state index in [1.165, 1.54) is 0 Å². The molecule has 1 N–H and O–H groups in total. The Bertz CT molecular complexity index is 507. The molecule has 0 aliphatic heterocycles. The second-order valence-electron chi connectivity index (χ2n) is 3.16. The third kappa shape index (κ3) is 1.80. The minimum atomic E-state index is -0.949. The molecule has 0 bridgehead atoms. The maximum absolute atomic E-state index is 10.8. The van der Waals surface area contributed by atoms with Crippen molar-refractivity contribution in [3.05, 3.63) is 42.1 Å². The van der Waals surface area contributed by atoms with Crippen LogP contribution in [0.5, 0.6) is 0 Å². The van der Waals surface area contributed by atoms with E-state index in [0.29, 0.717) is 5.56 Å². The highest BCUT2D eigenvalue weighted by Crippen LogP contribution is 2.26. The molecule has 0 fully saturated rings. The van der Waals surface area contributed by atoms with Crippen molar-refractivity contribution in [1.29, 1.82) is 0 Å². The van der Waals surface area contributed by atoms with Gasteiger partial charge in [0.1, 0.15) is 5.25 Å². The van der Waals surface area contributed by atoms with E-state index in [1.54, 1.807) is 12.3 Å². The molecule has 1 atom stereocenters. The van der Waals surface area contributed by atoms with Gasteiger partial charge in [-0.2, -0.15) is 12.6 Å². The van der Waals surface area contributed by atoms with Gasteiger partial charge in [0, 0.05) is 11.6 Å². The Morgan fingerprint density at radius 3 is 2.80 bits per heavy atom. The molecule has 3 nitrogen and oxygen atoms in total. The number of carboxylic acids is 1. The van der Waals surface area contributed by atoms with Crippen LogP contribution in [0.4, 0.5) is 0 Å². The second kappa shape index (κ2) is 3.90. The van der Waals surface area contributed by atoms with Crippen LogP contribution in [-0.4, -0.2) is 16.1 Å². The lowest BCUT2D eigenvalue weighted by Crippen LogP contribution is -2.05.